The fourth-order valence-electron chi connectivity index (χ4n) is 1.11. The third-order valence-electron chi connectivity index (χ3n) is 1.98. The number of thioether (sulfide) groups is 1. The number of aliphatic hydroxyl groups is 2. The number of aliphatic hydroxyl groups excluding tert-OH is 2. The molecule has 0 radical (unpaired) electrons. The topological polar surface area (TPSA) is 98.0 Å². The molecule has 4 N–H and O–H groups in total. The maximum atomic E-state index is 10.9. The van der Waals surface area contributed by atoms with Crippen molar-refractivity contribution in [1.82, 2.24) is 0 Å². The third kappa shape index (κ3) is 3.53. The molecule has 7 heteroatoms. The Morgan fingerprint density at radius 1 is 1.41 bits per heavy atom. The largest absolute Gasteiger partial charge is 0.507 e. The SMILES string of the molecule is O=C(O)c1cccc(O)c1SC(O)C(O)CS. The van der Waals surface area contributed by atoms with E-state index in [0.29, 0.717) is 11.8 Å². The number of hydrogen-bond acceptors (Lipinski definition) is 6. The lowest BCUT2D eigenvalue weighted by Crippen LogP contribution is -2.24. The minimum Gasteiger partial charge on any atom is -0.507 e. The molecule has 0 bridgehead atoms. The van der Waals surface area contributed by atoms with Crippen LogP contribution in [0.3, 0.4) is 0 Å². The molecule has 0 spiro atoms. The van der Waals surface area contributed by atoms with Crippen LogP contribution in [-0.2, 0) is 0 Å². The standard InChI is InChI=1S/C10H12O5S2/c11-6-3-1-2-5(9(13)14)8(6)17-10(15)7(12)4-16/h1-3,7,10-12,15-16H,4H2,(H,13,14). The molecule has 2 atom stereocenters. The number of hydrogen-bond donors (Lipinski definition) is 5. The lowest BCUT2D eigenvalue weighted by atomic mass is 10.2. The lowest BCUT2D eigenvalue weighted by molar-refractivity contribution is 0.0691. The van der Waals surface area contributed by atoms with E-state index in [-0.39, 0.29) is 22.0 Å². The molecule has 5 nitrogen and oxygen atoms in total. The summed E-state index contributed by atoms with van der Waals surface area (Å²) in [7, 11) is 0. The molecule has 0 aliphatic heterocycles. The van der Waals surface area contributed by atoms with Crippen LogP contribution >= 0.6 is 24.4 Å². The van der Waals surface area contributed by atoms with Gasteiger partial charge in [-0.2, -0.15) is 12.6 Å². The van der Waals surface area contributed by atoms with Crippen molar-refractivity contribution in [2.75, 3.05) is 5.75 Å². The van der Waals surface area contributed by atoms with E-state index >= 15 is 0 Å². The second-order valence-electron chi connectivity index (χ2n) is 3.22. The van der Waals surface area contributed by atoms with Gasteiger partial charge >= 0.3 is 5.97 Å². The number of aromatic hydroxyl groups is 1. The summed E-state index contributed by atoms with van der Waals surface area (Å²) >= 11 is 4.50. The fourth-order valence-corrected chi connectivity index (χ4v) is 2.41. The molecule has 94 valence electrons. The number of carboxylic acid groups (broad SMARTS) is 1. The summed E-state index contributed by atoms with van der Waals surface area (Å²) in [6.07, 6.45) is -1.11. The highest BCUT2D eigenvalue weighted by Gasteiger charge is 2.22. The number of rotatable bonds is 5. The Kier molecular flexibility index (Phi) is 5.13. The normalized spacial score (nSPS) is 14.3. The molecule has 0 aliphatic carbocycles. The second-order valence-corrected chi connectivity index (χ2v) is 4.71. The molecular formula is C10H12O5S2. The Morgan fingerprint density at radius 3 is 2.59 bits per heavy atom. The van der Waals surface area contributed by atoms with Crippen molar-refractivity contribution in [3.05, 3.63) is 23.8 Å². The van der Waals surface area contributed by atoms with Gasteiger partial charge in [-0.1, -0.05) is 17.8 Å². The number of phenolic OH excluding ortho intramolecular Hbond substituents is 1. The van der Waals surface area contributed by atoms with Crippen LogP contribution in [-0.4, -0.2) is 43.7 Å². The summed E-state index contributed by atoms with van der Waals surface area (Å²) < 4.78 is 0. The summed E-state index contributed by atoms with van der Waals surface area (Å²) in [5, 5.41) is 37.4. The van der Waals surface area contributed by atoms with E-state index in [1.54, 1.807) is 0 Å². The first-order chi connectivity index (χ1) is 7.97. The van der Waals surface area contributed by atoms with Gasteiger partial charge in [0.2, 0.25) is 0 Å². The molecule has 1 aromatic carbocycles. The van der Waals surface area contributed by atoms with E-state index in [9.17, 15) is 20.1 Å². The highest BCUT2D eigenvalue weighted by molar-refractivity contribution is 8.00. The van der Waals surface area contributed by atoms with Gasteiger partial charge in [0.15, 0.2) is 0 Å². The fraction of sp³-hybridized carbons (Fsp3) is 0.300. The van der Waals surface area contributed by atoms with E-state index < -0.39 is 17.5 Å². The molecule has 0 saturated heterocycles. The van der Waals surface area contributed by atoms with Crippen LogP contribution in [0.25, 0.3) is 0 Å². The van der Waals surface area contributed by atoms with Crippen molar-refractivity contribution in [3.63, 3.8) is 0 Å². The van der Waals surface area contributed by atoms with Crippen molar-refractivity contribution < 1.29 is 25.2 Å². The Bertz CT molecular complexity index is 410. The van der Waals surface area contributed by atoms with E-state index in [0.717, 1.165) is 0 Å². The predicted molar refractivity (Wildman–Crippen MR) is 66.8 cm³/mol. The monoisotopic (exact) mass is 276 g/mol. The number of aromatic carboxylic acids is 1. The van der Waals surface area contributed by atoms with Gasteiger partial charge in [-0.3, -0.25) is 0 Å². The van der Waals surface area contributed by atoms with Crippen molar-refractivity contribution in [1.29, 1.82) is 0 Å². The van der Waals surface area contributed by atoms with Crippen molar-refractivity contribution in [3.8, 4) is 5.75 Å². The molecule has 0 heterocycles. The maximum absolute atomic E-state index is 10.9. The quantitative estimate of drug-likeness (QED) is 0.310. The molecule has 2 unspecified atom stereocenters. The zero-order chi connectivity index (χ0) is 13.0. The van der Waals surface area contributed by atoms with Gasteiger partial charge in [-0.05, 0) is 12.1 Å². The van der Waals surface area contributed by atoms with Gasteiger partial charge in [0.25, 0.3) is 0 Å². The smallest absolute Gasteiger partial charge is 0.336 e. The summed E-state index contributed by atoms with van der Waals surface area (Å²) in [6, 6.07) is 4.02. The first-order valence-corrected chi connectivity index (χ1v) is 6.17. The molecule has 0 aliphatic rings. The third-order valence-corrected chi connectivity index (χ3v) is 3.57. The minimum absolute atomic E-state index is 0.0216. The Balaban J connectivity index is 3.00. The lowest BCUT2D eigenvalue weighted by Gasteiger charge is -2.16. The van der Waals surface area contributed by atoms with E-state index in [1.807, 2.05) is 0 Å². The summed E-state index contributed by atoms with van der Waals surface area (Å²) in [5.74, 6) is -1.43. The van der Waals surface area contributed by atoms with E-state index in [4.69, 9.17) is 5.11 Å². The molecule has 1 rings (SSSR count). The average Bonchev–Trinajstić information content (AvgIpc) is 2.30. The number of carboxylic acids is 1. The summed E-state index contributed by atoms with van der Waals surface area (Å²) in [6.45, 7) is 0. The van der Waals surface area contributed by atoms with Crippen LogP contribution in [0, 0.1) is 0 Å². The summed E-state index contributed by atoms with van der Waals surface area (Å²) in [4.78, 5) is 10.9. The van der Waals surface area contributed by atoms with Gasteiger partial charge in [-0.25, -0.2) is 4.79 Å². The van der Waals surface area contributed by atoms with Crippen molar-refractivity contribution >= 4 is 30.4 Å². The highest BCUT2D eigenvalue weighted by atomic mass is 32.2. The predicted octanol–water partition coefficient (Wildman–Crippen LogP) is 0.792. The van der Waals surface area contributed by atoms with Crippen LogP contribution in [0.15, 0.2) is 23.1 Å². The molecule has 0 fully saturated rings. The zero-order valence-electron chi connectivity index (χ0n) is 8.65. The van der Waals surface area contributed by atoms with E-state index in [1.165, 1.54) is 18.2 Å². The maximum Gasteiger partial charge on any atom is 0.336 e. The minimum atomic E-state index is -1.25. The summed E-state index contributed by atoms with van der Waals surface area (Å²) in [5.41, 5.74) is -1.38. The van der Waals surface area contributed by atoms with Gasteiger partial charge in [-0.15, -0.1) is 0 Å². The van der Waals surface area contributed by atoms with E-state index in [2.05, 4.69) is 12.6 Å². The molecule has 1 aromatic rings. The first kappa shape index (κ1) is 14.2. The first-order valence-electron chi connectivity index (χ1n) is 4.66. The number of carbonyl (C=O) groups is 1. The number of benzene rings is 1. The molecule has 0 amide bonds. The van der Waals surface area contributed by atoms with Gasteiger partial charge in [0.1, 0.15) is 11.2 Å². The van der Waals surface area contributed by atoms with Crippen LogP contribution in [0.1, 0.15) is 10.4 Å². The van der Waals surface area contributed by atoms with Crippen LogP contribution in [0.5, 0.6) is 5.75 Å². The highest BCUT2D eigenvalue weighted by Crippen LogP contribution is 2.35. The molecule has 0 saturated carbocycles. The van der Waals surface area contributed by atoms with Crippen molar-refractivity contribution in [2.24, 2.45) is 0 Å². The van der Waals surface area contributed by atoms with Crippen LogP contribution < -0.4 is 0 Å². The Morgan fingerprint density at radius 2 is 2.06 bits per heavy atom. The van der Waals surface area contributed by atoms with Gasteiger partial charge < -0.3 is 20.4 Å². The molecular weight excluding hydrogens is 264 g/mol. The molecule has 0 aromatic heterocycles. The average molecular weight is 276 g/mol. The Labute approximate surface area is 108 Å². The zero-order valence-corrected chi connectivity index (χ0v) is 10.4. The number of phenols is 1. The van der Waals surface area contributed by atoms with Gasteiger partial charge in [0.05, 0.1) is 16.6 Å². The Hall–Kier alpha value is -0.890. The van der Waals surface area contributed by atoms with Crippen LogP contribution in [0.4, 0.5) is 0 Å². The van der Waals surface area contributed by atoms with Crippen molar-refractivity contribution in [2.45, 2.75) is 16.4 Å². The molecule has 17 heavy (non-hydrogen) atoms. The number of thiol groups is 1. The van der Waals surface area contributed by atoms with Gasteiger partial charge in [0, 0.05) is 5.75 Å². The second kappa shape index (κ2) is 6.15. The van der Waals surface area contributed by atoms with Crippen LogP contribution in [0.2, 0.25) is 0 Å².